The standard InChI is InChI=1S/C16H25N3O4S/c1-13-4-3-5-18(11-13)16(20)15-10-14(12-17(15)2)24(21,22)19-6-8-23-9-7-19/h10,12-13H,3-9,11H2,1-2H3/t13-/m1/s1. The summed E-state index contributed by atoms with van der Waals surface area (Å²) in [5.41, 5.74) is 0.427. The first-order valence-corrected chi connectivity index (χ1v) is 9.87. The predicted molar refractivity (Wildman–Crippen MR) is 89.3 cm³/mol. The van der Waals surface area contributed by atoms with Crippen molar-refractivity contribution in [1.29, 1.82) is 0 Å². The smallest absolute Gasteiger partial charge is 0.270 e. The Morgan fingerprint density at radius 2 is 1.96 bits per heavy atom. The first-order valence-electron chi connectivity index (χ1n) is 8.43. The first kappa shape index (κ1) is 17.4. The molecule has 0 saturated carbocycles. The molecule has 0 N–H and O–H groups in total. The predicted octanol–water partition coefficient (Wildman–Crippen LogP) is 0.918. The van der Waals surface area contributed by atoms with Gasteiger partial charge in [0, 0.05) is 39.4 Å². The zero-order chi connectivity index (χ0) is 17.3. The van der Waals surface area contributed by atoms with Gasteiger partial charge in [0.15, 0.2) is 0 Å². The lowest BCUT2D eigenvalue weighted by Crippen LogP contribution is -2.40. The molecule has 0 radical (unpaired) electrons. The van der Waals surface area contributed by atoms with E-state index in [0.717, 1.165) is 25.9 Å². The molecule has 0 unspecified atom stereocenters. The highest BCUT2D eigenvalue weighted by atomic mass is 32.2. The molecule has 3 rings (SSSR count). The van der Waals surface area contributed by atoms with E-state index in [-0.39, 0.29) is 10.8 Å². The summed E-state index contributed by atoms with van der Waals surface area (Å²) in [6.07, 6.45) is 3.66. The molecule has 3 heterocycles. The van der Waals surface area contributed by atoms with Crippen molar-refractivity contribution in [2.24, 2.45) is 13.0 Å². The zero-order valence-electron chi connectivity index (χ0n) is 14.3. The van der Waals surface area contributed by atoms with Crippen molar-refractivity contribution in [1.82, 2.24) is 13.8 Å². The van der Waals surface area contributed by atoms with E-state index in [9.17, 15) is 13.2 Å². The Hall–Kier alpha value is -1.38. The number of nitrogens with zero attached hydrogens (tertiary/aromatic N) is 3. The summed E-state index contributed by atoms with van der Waals surface area (Å²) in [5, 5.41) is 0. The highest BCUT2D eigenvalue weighted by Gasteiger charge is 2.30. The van der Waals surface area contributed by atoms with Gasteiger partial charge in [-0.3, -0.25) is 4.79 Å². The van der Waals surface area contributed by atoms with Crippen LogP contribution < -0.4 is 0 Å². The van der Waals surface area contributed by atoms with E-state index in [2.05, 4.69) is 6.92 Å². The highest BCUT2D eigenvalue weighted by molar-refractivity contribution is 7.89. The molecule has 134 valence electrons. The number of likely N-dealkylation sites (tertiary alicyclic amines) is 1. The van der Waals surface area contributed by atoms with Crippen LogP contribution in [0.1, 0.15) is 30.3 Å². The third kappa shape index (κ3) is 3.36. The Morgan fingerprint density at radius 1 is 1.25 bits per heavy atom. The minimum absolute atomic E-state index is 0.0903. The number of ether oxygens (including phenoxy) is 1. The number of carbonyl (C=O) groups excluding carboxylic acids is 1. The number of aromatic nitrogens is 1. The molecule has 0 aromatic carbocycles. The lowest BCUT2D eigenvalue weighted by molar-refractivity contribution is 0.0673. The molecule has 1 amide bonds. The van der Waals surface area contributed by atoms with Gasteiger partial charge in [0.05, 0.1) is 13.2 Å². The largest absolute Gasteiger partial charge is 0.379 e. The molecule has 8 heteroatoms. The van der Waals surface area contributed by atoms with E-state index < -0.39 is 10.0 Å². The number of morpholine rings is 1. The fraction of sp³-hybridized carbons (Fsp3) is 0.688. The summed E-state index contributed by atoms with van der Waals surface area (Å²) < 4.78 is 33.7. The maximum atomic E-state index is 12.8. The first-order chi connectivity index (χ1) is 11.4. The van der Waals surface area contributed by atoms with E-state index in [1.807, 2.05) is 4.90 Å². The summed E-state index contributed by atoms with van der Waals surface area (Å²) in [5.74, 6) is 0.395. The quantitative estimate of drug-likeness (QED) is 0.808. The molecule has 2 aliphatic rings. The number of piperidine rings is 1. The number of aryl methyl sites for hydroxylation is 1. The lowest BCUT2D eigenvalue weighted by Gasteiger charge is -2.31. The fourth-order valence-electron chi connectivity index (χ4n) is 3.36. The van der Waals surface area contributed by atoms with Crippen LogP contribution in [-0.4, -0.2) is 67.5 Å². The molecule has 1 atom stereocenters. The van der Waals surface area contributed by atoms with Crippen LogP contribution in [0.2, 0.25) is 0 Å². The van der Waals surface area contributed by atoms with Crippen LogP contribution in [0.25, 0.3) is 0 Å². The van der Waals surface area contributed by atoms with Crippen molar-refractivity contribution in [3.8, 4) is 0 Å². The van der Waals surface area contributed by atoms with Gasteiger partial charge in [-0.25, -0.2) is 8.42 Å². The molecule has 1 aromatic heterocycles. The van der Waals surface area contributed by atoms with Gasteiger partial charge < -0.3 is 14.2 Å². The third-order valence-corrected chi connectivity index (χ3v) is 6.61. The Balaban J connectivity index is 1.83. The fourth-order valence-corrected chi connectivity index (χ4v) is 4.84. The van der Waals surface area contributed by atoms with E-state index in [1.165, 1.54) is 16.6 Å². The van der Waals surface area contributed by atoms with Gasteiger partial charge in [-0.1, -0.05) is 6.92 Å². The van der Waals surface area contributed by atoms with Crippen LogP contribution in [-0.2, 0) is 21.8 Å². The summed E-state index contributed by atoms with van der Waals surface area (Å²) in [4.78, 5) is 14.8. The van der Waals surface area contributed by atoms with Gasteiger partial charge >= 0.3 is 0 Å². The minimum Gasteiger partial charge on any atom is -0.379 e. The second-order valence-corrected chi connectivity index (χ2v) is 8.62. The normalized spacial score (nSPS) is 23.4. The average Bonchev–Trinajstić information content (AvgIpc) is 2.97. The number of hydrogen-bond acceptors (Lipinski definition) is 4. The number of hydrogen-bond donors (Lipinski definition) is 0. The van der Waals surface area contributed by atoms with Crippen LogP contribution >= 0.6 is 0 Å². The van der Waals surface area contributed by atoms with Crippen LogP contribution in [0, 0.1) is 5.92 Å². The maximum Gasteiger partial charge on any atom is 0.270 e. The summed E-state index contributed by atoms with van der Waals surface area (Å²) in [7, 11) is -1.86. The Kier molecular flexibility index (Phi) is 4.98. The molecule has 1 aromatic rings. The van der Waals surface area contributed by atoms with E-state index in [1.54, 1.807) is 11.6 Å². The van der Waals surface area contributed by atoms with E-state index in [4.69, 9.17) is 4.74 Å². The van der Waals surface area contributed by atoms with Crippen LogP contribution in [0.4, 0.5) is 0 Å². The molecule has 2 aliphatic heterocycles. The molecule has 2 fully saturated rings. The van der Waals surface area contributed by atoms with Gasteiger partial charge in [-0.05, 0) is 24.8 Å². The molecule has 0 aliphatic carbocycles. The second kappa shape index (κ2) is 6.85. The number of amides is 1. The summed E-state index contributed by atoms with van der Waals surface area (Å²) >= 11 is 0. The minimum atomic E-state index is -3.58. The van der Waals surface area contributed by atoms with Crippen LogP contribution in [0.3, 0.4) is 0 Å². The molecular formula is C16H25N3O4S. The number of sulfonamides is 1. The van der Waals surface area contributed by atoms with E-state index >= 15 is 0 Å². The van der Waals surface area contributed by atoms with Gasteiger partial charge in [0.25, 0.3) is 5.91 Å². The Bertz CT molecular complexity index is 707. The number of carbonyl (C=O) groups is 1. The van der Waals surface area contributed by atoms with Crippen molar-refractivity contribution in [2.45, 2.75) is 24.7 Å². The van der Waals surface area contributed by atoms with Crippen LogP contribution in [0.5, 0.6) is 0 Å². The van der Waals surface area contributed by atoms with E-state index in [0.29, 0.717) is 37.9 Å². The van der Waals surface area contributed by atoms with Crippen molar-refractivity contribution in [3.05, 3.63) is 18.0 Å². The molecule has 24 heavy (non-hydrogen) atoms. The van der Waals surface area contributed by atoms with Crippen molar-refractivity contribution in [2.75, 3.05) is 39.4 Å². The third-order valence-electron chi connectivity index (χ3n) is 4.75. The monoisotopic (exact) mass is 355 g/mol. The average molecular weight is 355 g/mol. The maximum absolute atomic E-state index is 12.8. The van der Waals surface area contributed by atoms with Crippen molar-refractivity contribution >= 4 is 15.9 Å². The lowest BCUT2D eigenvalue weighted by atomic mass is 10.00. The highest BCUT2D eigenvalue weighted by Crippen LogP contribution is 2.22. The molecular weight excluding hydrogens is 330 g/mol. The second-order valence-electron chi connectivity index (χ2n) is 6.69. The zero-order valence-corrected chi connectivity index (χ0v) is 15.1. The summed E-state index contributed by atoms with van der Waals surface area (Å²) in [6, 6.07) is 1.51. The van der Waals surface area contributed by atoms with Gasteiger partial charge in [-0.2, -0.15) is 4.31 Å². The molecule has 0 spiro atoms. The molecule has 0 bridgehead atoms. The molecule has 7 nitrogen and oxygen atoms in total. The molecule has 2 saturated heterocycles. The Labute approximate surface area is 143 Å². The van der Waals surface area contributed by atoms with Gasteiger partial charge in [-0.15, -0.1) is 0 Å². The van der Waals surface area contributed by atoms with Gasteiger partial charge in [0.2, 0.25) is 10.0 Å². The van der Waals surface area contributed by atoms with Crippen molar-refractivity contribution in [3.63, 3.8) is 0 Å². The Morgan fingerprint density at radius 3 is 2.62 bits per heavy atom. The van der Waals surface area contributed by atoms with Crippen molar-refractivity contribution < 1.29 is 17.9 Å². The summed E-state index contributed by atoms with van der Waals surface area (Å²) in [6.45, 7) is 5.12. The van der Waals surface area contributed by atoms with Gasteiger partial charge in [0.1, 0.15) is 10.6 Å². The SMILES string of the molecule is C[C@@H]1CCCN(C(=O)c2cc(S(=O)(=O)N3CCOCC3)cn2C)C1. The van der Waals surface area contributed by atoms with Crippen LogP contribution in [0.15, 0.2) is 17.2 Å². The number of rotatable bonds is 3. The topological polar surface area (TPSA) is 71.8 Å².